The maximum Gasteiger partial charge on any atom is 0.317 e. The number of nitrogens with zero attached hydrogens (tertiary/aromatic N) is 2. The lowest BCUT2D eigenvalue weighted by Gasteiger charge is -2.29. The molecule has 0 saturated heterocycles. The average molecular weight is 284 g/mol. The zero-order valence-corrected chi connectivity index (χ0v) is 12.0. The second kappa shape index (κ2) is 7.21. The number of phenols is 1. The number of phenolic OH excluding ortho intramolecular Hbond substituents is 1. The van der Waals surface area contributed by atoms with E-state index < -0.39 is 11.8 Å². The molecular weight excluding hydrogens is 263 g/mol. The van der Waals surface area contributed by atoms with Crippen molar-refractivity contribution in [1.82, 2.24) is 9.80 Å². The topological polar surface area (TPSA) is 64.0 Å². The Bertz CT molecular complexity index is 466. The highest BCUT2D eigenvalue weighted by Gasteiger charge is 2.21. The maximum atomic E-state index is 13.0. The minimum atomic E-state index is -0.933. The summed E-state index contributed by atoms with van der Waals surface area (Å²) in [6, 6.07) is 3.47. The lowest BCUT2D eigenvalue weighted by Crippen LogP contribution is -2.37. The Hall–Kier alpha value is -1.66. The number of hydrogen-bond donors (Lipinski definition) is 2. The van der Waals surface area contributed by atoms with E-state index in [9.17, 15) is 14.3 Å². The highest BCUT2D eigenvalue weighted by molar-refractivity contribution is 5.69. The van der Waals surface area contributed by atoms with E-state index in [-0.39, 0.29) is 18.3 Å². The number of carbonyl (C=O) groups is 1. The first-order chi connectivity index (χ1) is 9.31. The molecule has 0 amide bonds. The molecule has 0 fully saturated rings. The van der Waals surface area contributed by atoms with Gasteiger partial charge in [0.05, 0.1) is 6.54 Å². The van der Waals surface area contributed by atoms with Crippen molar-refractivity contribution in [3.8, 4) is 5.75 Å². The lowest BCUT2D eigenvalue weighted by atomic mass is 10.1. The molecule has 0 spiro atoms. The van der Waals surface area contributed by atoms with Crippen molar-refractivity contribution in [3.05, 3.63) is 29.6 Å². The molecular formula is C14H21FN2O3. The quantitative estimate of drug-likeness (QED) is 0.795. The van der Waals surface area contributed by atoms with Crippen LogP contribution in [0.15, 0.2) is 18.2 Å². The highest BCUT2D eigenvalue weighted by atomic mass is 19.1. The number of benzene rings is 1. The standard InChI is InChI=1S/C14H21FN2O3/c1-10(12-5-4-11(15)8-13(12)18)17(9-14(19)20)7-6-16(2)3/h4-5,8,10,18H,6-7,9H2,1-3H3,(H,19,20). The molecule has 6 heteroatoms. The second-order valence-corrected chi connectivity index (χ2v) is 5.05. The van der Waals surface area contributed by atoms with Gasteiger partial charge >= 0.3 is 5.97 Å². The number of carboxylic acid groups (broad SMARTS) is 1. The monoisotopic (exact) mass is 284 g/mol. The van der Waals surface area contributed by atoms with Gasteiger partial charge in [0.25, 0.3) is 0 Å². The second-order valence-electron chi connectivity index (χ2n) is 5.05. The van der Waals surface area contributed by atoms with Crippen LogP contribution >= 0.6 is 0 Å². The molecule has 0 saturated carbocycles. The van der Waals surface area contributed by atoms with Gasteiger partial charge in [0.2, 0.25) is 0 Å². The summed E-state index contributed by atoms with van der Waals surface area (Å²) in [5.41, 5.74) is 0.520. The SMILES string of the molecule is CC(c1ccc(F)cc1O)N(CCN(C)C)CC(=O)O. The van der Waals surface area contributed by atoms with Crippen molar-refractivity contribution in [2.45, 2.75) is 13.0 Å². The van der Waals surface area contributed by atoms with Crippen LogP contribution in [-0.2, 0) is 4.79 Å². The summed E-state index contributed by atoms with van der Waals surface area (Å²) >= 11 is 0. The maximum absolute atomic E-state index is 13.0. The Morgan fingerprint density at radius 1 is 1.35 bits per heavy atom. The molecule has 20 heavy (non-hydrogen) atoms. The molecule has 1 aromatic rings. The summed E-state index contributed by atoms with van der Waals surface area (Å²) in [6.07, 6.45) is 0. The van der Waals surface area contributed by atoms with Crippen molar-refractivity contribution in [2.24, 2.45) is 0 Å². The molecule has 0 aliphatic heterocycles. The van der Waals surface area contributed by atoms with E-state index in [1.165, 1.54) is 12.1 Å². The lowest BCUT2D eigenvalue weighted by molar-refractivity contribution is -0.139. The molecule has 0 heterocycles. The average Bonchev–Trinajstić information content (AvgIpc) is 2.33. The Labute approximate surface area is 118 Å². The summed E-state index contributed by atoms with van der Waals surface area (Å²) in [5.74, 6) is -1.61. The van der Waals surface area contributed by atoms with E-state index in [2.05, 4.69) is 0 Å². The normalized spacial score (nSPS) is 12.9. The number of rotatable bonds is 7. The van der Waals surface area contributed by atoms with E-state index >= 15 is 0 Å². The molecule has 0 aliphatic carbocycles. The summed E-state index contributed by atoms with van der Waals surface area (Å²) in [7, 11) is 3.80. The fraction of sp³-hybridized carbons (Fsp3) is 0.500. The molecule has 1 unspecified atom stereocenters. The van der Waals surface area contributed by atoms with Gasteiger partial charge in [-0.1, -0.05) is 6.07 Å². The minimum Gasteiger partial charge on any atom is -0.508 e. The van der Waals surface area contributed by atoms with E-state index in [0.717, 1.165) is 6.07 Å². The molecule has 1 atom stereocenters. The summed E-state index contributed by atoms with van der Waals surface area (Å²) < 4.78 is 13.0. The number of hydrogen-bond acceptors (Lipinski definition) is 4. The van der Waals surface area contributed by atoms with Crippen molar-refractivity contribution in [1.29, 1.82) is 0 Å². The van der Waals surface area contributed by atoms with Crippen molar-refractivity contribution >= 4 is 5.97 Å². The Balaban J connectivity index is 2.90. The van der Waals surface area contributed by atoms with Crippen LogP contribution in [0.5, 0.6) is 5.75 Å². The van der Waals surface area contributed by atoms with Crippen molar-refractivity contribution in [2.75, 3.05) is 33.7 Å². The fourth-order valence-corrected chi connectivity index (χ4v) is 1.98. The number of carboxylic acids is 1. The van der Waals surface area contributed by atoms with Gasteiger partial charge in [0.1, 0.15) is 11.6 Å². The first-order valence-electron chi connectivity index (χ1n) is 6.40. The van der Waals surface area contributed by atoms with Crippen molar-refractivity contribution < 1.29 is 19.4 Å². The number of likely N-dealkylation sites (N-methyl/N-ethyl adjacent to an activating group) is 1. The van der Waals surface area contributed by atoms with E-state index in [1.807, 2.05) is 19.0 Å². The van der Waals surface area contributed by atoms with Crippen molar-refractivity contribution in [3.63, 3.8) is 0 Å². The molecule has 2 N–H and O–H groups in total. The molecule has 0 aliphatic rings. The van der Waals surface area contributed by atoms with Gasteiger partial charge < -0.3 is 15.1 Å². The molecule has 1 rings (SSSR count). The van der Waals surface area contributed by atoms with Crippen LogP contribution in [0.2, 0.25) is 0 Å². The molecule has 112 valence electrons. The van der Waals surface area contributed by atoms with Crippen LogP contribution in [0.25, 0.3) is 0 Å². The Morgan fingerprint density at radius 3 is 2.50 bits per heavy atom. The van der Waals surface area contributed by atoms with Crippen LogP contribution in [-0.4, -0.2) is 59.7 Å². The highest BCUT2D eigenvalue weighted by Crippen LogP contribution is 2.28. The van der Waals surface area contributed by atoms with Gasteiger partial charge in [-0.05, 0) is 27.1 Å². The first kappa shape index (κ1) is 16.4. The number of aromatic hydroxyl groups is 1. The summed E-state index contributed by atoms with van der Waals surface area (Å²) in [6.45, 7) is 2.90. The van der Waals surface area contributed by atoms with Gasteiger partial charge in [-0.15, -0.1) is 0 Å². The fourth-order valence-electron chi connectivity index (χ4n) is 1.98. The Kier molecular flexibility index (Phi) is 5.91. The zero-order valence-electron chi connectivity index (χ0n) is 12.0. The van der Waals surface area contributed by atoms with Crippen LogP contribution in [0.1, 0.15) is 18.5 Å². The first-order valence-corrected chi connectivity index (χ1v) is 6.40. The van der Waals surface area contributed by atoms with Crippen LogP contribution < -0.4 is 0 Å². The van der Waals surface area contributed by atoms with Gasteiger partial charge in [-0.3, -0.25) is 9.69 Å². The molecule has 0 radical (unpaired) electrons. The molecule has 0 bridgehead atoms. The third-order valence-electron chi connectivity index (χ3n) is 3.16. The van der Waals surface area contributed by atoms with Gasteiger partial charge in [-0.25, -0.2) is 4.39 Å². The zero-order chi connectivity index (χ0) is 15.3. The molecule has 5 nitrogen and oxygen atoms in total. The van der Waals surface area contributed by atoms with Crippen LogP contribution in [0, 0.1) is 5.82 Å². The largest absolute Gasteiger partial charge is 0.508 e. The predicted molar refractivity (Wildman–Crippen MR) is 74.2 cm³/mol. The molecule has 1 aromatic carbocycles. The van der Waals surface area contributed by atoms with E-state index in [4.69, 9.17) is 5.11 Å². The van der Waals surface area contributed by atoms with Crippen LogP contribution in [0.3, 0.4) is 0 Å². The summed E-state index contributed by atoms with van der Waals surface area (Å²) in [4.78, 5) is 14.6. The van der Waals surface area contributed by atoms with E-state index in [1.54, 1.807) is 11.8 Å². The van der Waals surface area contributed by atoms with Gasteiger partial charge in [-0.2, -0.15) is 0 Å². The third-order valence-corrected chi connectivity index (χ3v) is 3.16. The predicted octanol–water partition coefficient (Wildman–Crippen LogP) is 1.54. The third kappa shape index (κ3) is 4.79. The molecule has 0 aromatic heterocycles. The van der Waals surface area contributed by atoms with Crippen LogP contribution in [0.4, 0.5) is 4.39 Å². The Morgan fingerprint density at radius 2 is 2.00 bits per heavy atom. The van der Waals surface area contributed by atoms with Gasteiger partial charge in [0, 0.05) is 30.8 Å². The van der Waals surface area contributed by atoms with E-state index in [0.29, 0.717) is 18.7 Å². The minimum absolute atomic E-state index is 0.133. The van der Waals surface area contributed by atoms with Gasteiger partial charge in [0.15, 0.2) is 0 Å². The smallest absolute Gasteiger partial charge is 0.317 e. The summed E-state index contributed by atoms with van der Waals surface area (Å²) in [5, 5.41) is 18.8. The number of aliphatic carboxylic acids is 1. The number of halogens is 1.